The van der Waals surface area contributed by atoms with E-state index in [1.165, 1.54) is 0 Å². The summed E-state index contributed by atoms with van der Waals surface area (Å²) in [6.45, 7) is 0.632. The molecule has 0 bridgehead atoms. The first-order valence-corrected chi connectivity index (χ1v) is 7.03. The second kappa shape index (κ2) is 6.22. The minimum Gasteiger partial charge on any atom is -0.361 e. The van der Waals surface area contributed by atoms with Gasteiger partial charge >= 0.3 is 0 Å². The van der Waals surface area contributed by atoms with Crippen molar-refractivity contribution < 1.29 is 4.79 Å². The van der Waals surface area contributed by atoms with Gasteiger partial charge in [-0.25, -0.2) is 0 Å². The molecule has 3 rings (SSSR count). The Morgan fingerprint density at radius 3 is 2.95 bits per heavy atom. The number of aromatic amines is 1. The molecule has 0 unspecified atom stereocenters. The van der Waals surface area contributed by atoms with Gasteiger partial charge < -0.3 is 10.3 Å². The summed E-state index contributed by atoms with van der Waals surface area (Å²) in [6.07, 6.45) is 6.68. The Kier molecular flexibility index (Phi) is 3.96. The standard InChI is InChI=1S/C17H17N3O/c21-17(19-9-7-13-4-3-8-18-11-13)10-14-12-20-16-6-2-1-5-15(14)16/h1-6,8,11-12,20H,7,9-10H2,(H,19,21). The second-order valence-electron chi connectivity index (χ2n) is 5.00. The van der Waals surface area contributed by atoms with E-state index in [2.05, 4.69) is 15.3 Å². The van der Waals surface area contributed by atoms with Crippen molar-refractivity contribution in [2.75, 3.05) is 6.54 Å². The van der Waals surface area contributed by atoms with Gasteiger partial charge in [-0.3, -0.25) is 9.78 Å². The summed E-state index contributed by atoms with van der Waals surface area (Å²) in [4.78, 5) is 19.3. The first-order chi connectivity index (χ1) is 10.3. The zero-order chi connectivity index (χ0) is 14.5. The Morgan fingerprint density at radius 1 is 1.19 bits per heavy atom. The van der Waals surface area contributed by atoms with Gasteiger partial charge in [-0.05, 0) is 29.7 Å². The van der Waals surface area contributed by atoms with Crippen LogP contribution in [0, 0.1) is 0 Å². The van der Waals surface area contributed by atoms with E-state index < -0.39 is 0 Å². The fourth-order valence-corrected chi connectivity index (χ4v) is 2.41. The van der Waals surface area contributed by atoms with Crippen LogP contribution in [0.15, 0.2) is 55.0 Å². The molecule has 4 nitrogen and oxygen atoms in total. The topological polar surface area (TPSA) is 57.8 Å². The number of carbonyl (C=O) groups excluding carboxylic acids is 1. The molecular formula is C17H17N3O. The zero-order valence-corrected chi connectivity index (χ0v) is 11.7. The van der Waals surface area contributed by atoms with Gasteiger partial charge in [0.15, 0.2) is 0 Å². The van der Waals surface area contributed by atoms with E-state index in [9.17, 15) is 4.79 Å². The molecule has 0 saturated carbocycles. The van der Waals surface area contributed by atoms with Crippen LogP contribution in [0.3, 0.4) is 0 Å². The number of hydrogen-bond acceptors (Lipinski definition) is 2. The minimum absolute atomic E-state index is 0.0450. The number of aromatic nitrogens is 2. The quantitative estimate of drug-likeness (QED) is 0.753. The number of pyridine rings is 1. The summed E-state index contributed by atoms with van der Waals surface area (Å²) in [5, 5.41) is 4.06. The van der Waals surface area contributed by atoms with Crippen molar-refractivity contribution in [3.05, 3.63) is 66.1 Å². The minimum atomic E-state index is 0.0450. The van der Waals surface area contributed by atoms with E-state index in [1.54, 1.807) is 6.20 Å². The highest BCUT2D eigenvalue weighted by molar-refractivity contribution is 5.88. The summed E-state index contributed by atoms with van der Waals surface area (Å²) in [6, 6.07) is 11.9. The van der Waals surface area contributed by atoms with Gasteiger partial charge in [-0.15, -0.1) is 0 Å². The van der Waals surface area contributed by atoms with Crippen molar-refractivity contribution in [3.63, 3.8) is 0 Å². The molecule has 1 aromatic carbocycles. The van der Waals surface area contributed by atoms with Gasteiger partial charge in [0, 0.05) is 36.0 Å². The van der Waals surface area contributed by atoms with Crippen LogP contribution in [0.5, 0.6) is 0 Å². The smallest absolute Gasteiger partial charge is 0.224 e. The van der Waals surface area contributed by atoms with Gasteiger partial charge in [-0.2, -0.15) is 0 Å². The predicted octanol–water partition coefficient (Wildman–Crippen LogP) is 2.46. The molecule has 21 heavy (non-hydrogen) atoms. The number of nitrogens with one attached hydrogen (secondary N) is 2. The number of nitrogens with zero attached hydrogens (tertiary/aromatic N) is 1. The number of benzene rings is 1. The number of amides is 1. The van der Waals surface area contributed by atoms with Crippen molar-refractivity contribution in [2.24, 2.45) is 0 Å². The largest absolute Gasteiger partial charge is 0.361 e. The molecular weight excluding hydrogens is 262 g/mol. The van der Waals surface area contributed by atoms with Crippen molar-refractivity contribution >= 4 is 16.8 Å². The fraction of sp³-hybridized carbons (Fsp3) is 0.176. The molecule has 0 fully saturated rings. The Hall–Kier alpha value is -2.62. The number of fused-ring (bicyclic) bond motifs is 1. The zero-order valence-electron chi connectivity index (χ0n) is 11.7. The van der Waals surface area contributed by atoms with E-state index in [0.29, 0.717) is 13.0 Å². The maximum absolute atomic E-state index is 12.0. The van der Waals surface area contributed by atoms with Gasteiger partial charge in [0.25, 0.3) is 0 Å². The van der Waals surface area contributed by atoms with Gasteiger partial charge in [-0.1, -0.05) is 24.3 Å². The third kappa shape index (κ3) is 3.28. The predicted molar refractivity (Wildman–Crippen MR) is 83.0 cm³/mol. The Morgan fingerprint density at radius 2 is 2.10 bits per heavy atom. The van der Waals surface area contributed by atoms with E-state index >= 15 is 0 Å². The summed E-state index contributed by atoms with van der Waals surface area (Å²) < 4.78 is 0. The van der Waals surface area contributed by atoms with Gasteiger partial charge in [0.2, 0.25) is 5.91 Å². The molecule has 2 heterocycles. The van der Waals surface area contributed by atoms with Crippen molar-refractivity contribution in [2.45, 2.75) is 12.8 Å². The van der Waals surface area contributed by atoms with Crippen LogP contribution < -0.4 is 5.32 Å². The average Bonchev–Trinajstić information content (AvgIpc) is 2.92. The van der Waals surface area contributed by atoms with Crippen LogP contribution in [0.25, 0.3) is 10.9 Å². The first-order valence-electron chi connectivity index (χ1n) is 7.03. The third-order valence-electron chi connectivity index (χ3n) is 3.48. The molecule has 0 atom stereocenters. The molecule has 4 heteroatoms. The monoisotopic (exact) mass is 279 g/mol. The number of carbonyl (C=O) groups is 1. The van der Waals surface area contributed by atoms with E-state index in [4.69, 9.17) is 0 Å². The molecule has 0 aliphatic rings. The van der Waals surface area contributed by atoms with E-state index in [0.717, 1.165) is 28.5 Å². The van der Waals surface area contributed by atoms with Crippen LogP contribution in [-0.2, 0) is 17.6 Å². The van der Waals surface area contributed by atoms with E-state index in [-0.39, 0.29) is 5.91 Å². The summed E-state index contributed by atoms with van der Waals surface area (Å²) in [5.41, 5.74) is 3.23. The molecule has 0 aliphatic carbocycles. The van der Waals surface area contributed by atoms with Crippen LogP contribution in [0.2, 0.25) is 0 Å². The second-order valence-corrected chi connectivity index (χ2v) is 5.00. The molecule has 106 valence electrons. The molecule has 0 spiro atoms. The summed E-state index contributed by atoms with van der Waals surface area (Å²) in [7, 11) is 0. The van der Waals surface area contributed by atoms with Crippen LogP contribution >= 0.6 is 0 Å². The number of hydrogen-bond donors (Lipinski definition) is 2. The van der Waals surface area contributed by atoms with Crippen LogP contribution in [0.1, 0.15) is 11.1 Å². The van der Waals surface area contributed by atoms with Crippen LogP contribution in [-0.4, -0.2) is 22.4 Å². The Bertz CT molecular complexity index is 734. The summed E-state index contributed by atoms with van der Waals surface area (Å²) in [5.74, 6) is 0.0450. The average molecular weight is 279 g/mol. The number of rotatable bonds is 5. The highest BCUT2D eigenvalue weighted by atomic mass is 16.1. The maximum atomic E-state index is 12.0. The Balaban J connectivity index is 1.55. The van der Waals surface area contributed by atoms with Gasteiger partial charge in [0.1, 0.15) is 0 Å². The lowest BCUT2D eigenvalue weighted by atomic mass is 10.1. The van der Waals surface area contributed by atoms with E-state index in [1.807, 2.05) is 48.8 Å². The van der Waals surface area contributed by atoms with Crippen molar-refractivity contribution in [1.82, 2.24) is 15.3 Å². The van der Waals surface area contributed by atoms with Crippen LogP contribution in [0.4, 0.5) is 0 Å². The molecule has 0 radical (unpaired) electrons. The molecule has 2 N–H and O–H groups in total. The molecule has 2 aromatic heterocycles. The molecule has 3 aromatic rings. The van der Waals surface area contributed by atoms with Crippen molar-refractivity contribution in [3.8, 4) is 0 Å². The molecule has 0 aliphatic heterocycles. The summed E-state index contributed by atoms with van der Waals surface area (Å²) >= 11 is 0. The highest BCUT2D eigenvalue weighted by Gasteiger charge is 2.07. The fourth-order valence-electron chi connectivity index (χ4n) is 2.41. The molecule has 0 saturated heterocycles. The SMILES string of the molecule is O=C(Cc1c[nH]c2ccccc12)NCCc1cccnc1. The third-order valence-corrected chi connectivity index (χ3v) is 3.48. The Labute approximate surface area is 123 Å². The highest BCUT2D eigenvalue weighted by Crippen LogP contribution is 2.17. The number of H-pyrrole nitrogens is 1. The first kappa shape index (κ1) is 13.4. The lowest BCUT2D eigenvalue weighted by Gasteiger charge is -2.04. The van der Waals surface area contributed by atoms with Crippen molar-refractivity contribution in [1.29, 1.82) is 0 Å². The normalized spacial score (nSPS) is 10.7. The lowest BCUT2D eigenvalue weighted by molar-refractivity contribution is -0.120. The molecule has 1 amide bonds. The number of para-hydroxylation sites is 1. The van der Waals surface area contributed by atoms with Gasteiger partial charge in [0.05, 0.1) is 6.42 Å². The maximum Gasteiger partial charge on any atom is 0.224 e. The lowest BCUT2D eigenvalue weighted by Crippen LogP contribution is -2.27.